The van der Waals surface area contributed by atoms with Crippen molar-refractivity contribution in [1.82, 2.24) is 0 Å². The third kappa shape index (κ3) is 85.4. The molecule has 0 aliphatic heterocycles. The van der Waals surface area contributed by atoms with Gasteiger partial charge in [0, 0.05) is 71.2 Å². The van der Waals surface area contributed by atoms with Crippen LogP contribution >= 0.6 is 159 Å². The highest BCUT2D eigenvalue weighted by atomic mass is 79.9. The summed E-state index contributed by atoms with van der Waals surface area (Å²) in [6, 6.07) is 0. The second-order valence-electron chi connectivity index (χ2n) is 6.34. The van der Waals surface area contributed by atoms with Crippen molar-refractivity contribution in [3.05, 3.63) is 0 Å². The second-order valence-corrected chi connectivity index (χ2v) is 16.3. The van der Waals surface area contributed by atoms with Crippen LogP contribution in [0.4, 0.5) is 0 Å². The van der Waals surface area contributed by atoms with Crippen molar-refractivity contribution in [2.75, 3.05) is 26.6 Å². The van der Waals surface area contributed by atoms with Crippen molar-refractivity contribution in [1.29, 1.82) is 0 Å². The summed E-state index contributed by atoms with van der Waals surface area (Å²) >= 11 is 30.4. The first-order valence-electron chi connectivity index (χ1n) is 17.9. The lowest BCUT2D eigenvalue weighted by atomic mass is 10.3. The van der Waals surface area contributed by atoms with Gasteiger partial charge in [-0.25, -0.2) is 0 Å². The fourth-order valence-corrected chi connectivity index (χ4v) is 3.30. The molecule has 0 aliphatic carbocycles. The van der Waals surface area contributed by atoms with Crippen molar-refractivity contribution in [2.45, 2.75) is 123 Å². The van der Waals surface area contributed by atoms with Gasteiger partial charge in [0.05, 0.1) is 0 Å². The minimum absolute atomic E-state index is 0.00292. The molecule has 5 unspecified atom stereocenters. The molecular formula is C25H50Br10. The Labute approximate surface area is 325 Å². The van der Waals surface area contributed by atoms with E-state index >= 15 is 0 Å². The van der Waals surface area contributed by atoms with E-state index in [0.29, 0.717) is 17.7 Å². The van der Waals surface area contributed by atoms with Crippen LogP contribution in [-0.2, 0) is 0 Å². The topological polar surface area (TPSA) is 0 Å². The zero-order chi connectivity index (χ0) is 42.0. The molecule has 0 aliphatic rings. The summed E-state index contributed by atoms with van der Waals surface area (Å²) in [4.78, 5) is -2.84. The summed E-state index contributed by atoms with van der Waals surface area (Å²) in [5.74, 6) is 0. The number of rotatable bonds is 15. The molecule has 0 saturated carbocycles. The molecule has 0 rings (SSSR count). The minimum Gasteiger partial charge on any atom is -0.0928 e. The quantitative estimate of drug-likeness (QED) is 0.143. The first-order valence-corrected chi connectivity index (χ1v) is 19.6. The maximum atomic E-state index is 7.42. The van der Waals surface area contributed by atoms with E-state index in [0.717, 1.165) is 30.4 Å². The van der Waals surface area contributed by atoms with E-state index in [9.17, 15) is 0 Å². The summed E-state index contributed by atoms with van der Waals surface area (Å²) in [6.45, 7) is 8.45. The zero-order valence-corrected chi connectivity index (χ0v) is 36.7. The molecule has 0 spiro atoms. The first-order chi connectivity index (χ1) is 21.5. The molecule has 0 amide bonds. The van der Waals surface area contributed by atoms with Gasteiger partial charge < -0.3 is 0 Å². The Morgan fingerprint density at radius 3 is 1.11 bits per heavy atom. The highest BCUT2D eigenvalue weighted by molar-refractivity contribution is 9.10. The van der Waals surface area contributed by atoms with Crippen LogP contribution in [0.5, 0.6) is 0 Å². The molecule has 0 N–H and O–H groups in total. The van der Waals surface area contributed by atoms with E-state index in [-0.39, 0.29) is 5.33 Å². The molecule has 35 heavy (non-hydrogen) atoms. The fourth-order valence-electron chi connectivity index (χ4n) is 1.18. The molecule has 0 fully saturated rings. The van der Waals surface area contributed by atoms with Gasteiger partial charge >= 0.3 is 0 Å². The fraction of sp³-hybridized carbons (Fsp3) is 1.00. The van der Waals surface area contributed by atoms with Crippen LogP contribution in [0, 0.1) is 0 Å². The molecule has 0 heterocycles. The van der Waals surface area contributed by atoms with E-state index in [4.69, 9.17) is 20.6 Å². The van der Waals surface area contributed by atoms with Gasteiger partial charge in [-0.1, -0.05) is 194 Å². The molecule has 5 atom stereocenters. The Morgan fingerprint density at radius 2 is 0.971 bits per heavy atom. The second kappa shape index (κ2) is 45.8. The standard InChI is InChI=1S/5C5H10Br2/c5*1-5(7)3-2-4-6/h5*5H,2-4H2,1H3/i2D2,3D2,4D2,5D;4D2,5D;2D2,3D2;5D;. The highest BCUT2D eigenvalue weighted by Crippen LogP contribution is 2.09. The average molecular weight is 1160 g/mol. The van der Waals surface area contributed by atoms with Gasteiger partial charge in [0.2, 0.25) is 0 Å². The summed E-state index contributed by atoms with van der Waals surface area (Å²) in [5, 5.41) is -1.75. The lowest BCUT2D eigenvalue weighted by Gasteiger charge is -1.96. The maximum Gasteiger partial charge on any atom is 0.0420 e. The molecule has 0 aromatic rings. The first kappa shape index (κ1) is 24.2. The van der Waals surface area contributed by atoms with E-state index in [1.54, 1.807) is 13.8 Å². The number of alkyl halides is 10. The summed E-state index contributed by atoms with van der Waals surface area (Å²) in [7, 11) is 0. The Hall–Kier alpha value is 4.80. The largest absolute Gasteiger partial charge is 0.0928 e. The van der Waals surface area contributed by atoms with Crippen LogP contribution in [0.15, 0.2) is 0 Å². The Balaban J connectivity index is -0.000000172. The van der Waals surface area contributed by atoms with E-state index < -0.39 is 55.3 Å². The SMILES string of the molecule is CC(Br)CCCBr.[2H]C(C)(Br)CCCBr.[2H]C([2H])(Br)C([2H])([2H])C([2H])([2H])C([2H])(C)Br.[2H]C([2H])(Br)CCC([2H])(C)Br.[2H]C([2H])(CBr)C([2H])([2H])C(C)Br. The van der Waals surface area contributed by atoms with E-state index in [1.807, 2.05) is 6.92 Å². The van der Waals surface area contributed by atoms with Crippen LogP contribution in [0.1, 0.15) is 119 Å². The molecule has 10 heteroatoms. The van der Waals surface area contributed by atoms with Crippen LogP contribution in [0.2, 0.25) is 0 Å². The normalized spacial score (nSPS) is 25.6. The Kier molecular flexibility index (Phi) is 31.6. The smallest absolute Gasteiger partial charge is 0.0420 e. The highest BCUT2D eigenvalue weighted by Gasteiger charge is 1.93. The van der Waals surface area contributed by atoms with Crippen molar-refractivity contribution in [2.24, 2.45) is 0 Å². The Bertz CT molecular complexity index is 812. The van der Waals surface area contributed by atoms with Gasteiger partial charge in [-0.3, -0.25) is 0 Å². The third-order valence-electron chi connectivity index (χ3n) is 2.60. The minimum atomic E-state index is -2.83. The molecule has 0 saturated heterocycles. The predicted molar refractivity (Wildman–Crippen MR) is 207 cm³/mol. The lowest BCUT2D eigenvalue weighted by molar-refractivity contribution is 0.807. The molecule has 0 bridgehead atoms. The van der Waals surface area contributed by atoms with Crippen LogP contribution in [0.3, 0.4) is 0 Å². The number of hydrogen-bond acceptors (Lipinski definition) is 0. The predicted octanol–water partition coefficient (Wildman–Crippen LogP) is 14.7. The van der Waals surface area contributed by atoms with Gasteiger partial charge in [0.15, 0.2) is 0 Å². The monoisotopic (exact) mass is 1150 g/mol. The van der Waals surface area contributed by atoms with Crippen molar-refractivity contribution >= 4 is 159 Å². The average Bonchev–Trinajstić information content (AvgIpc) is 2.88. The molecule has 220 valence electrons. The van der Waals surface area contributed by atoms with Crippen LogP contribution < -0.4 is 0 Å². The van der Waals surface area contributed by atoms with Gasteiger partial charge in [0.1, 0.15) is 0 Å². The molecular weight excluding hydrogens is 1100 g/mol. The lowest BCUT2D eigenvalue weighted by Crippen LogP contribution is -1.88. The summed E-state index contributed by atoms with van der Waals surface area (Å²) in [6.07, 6.45) is -3.87. The van der Waals surface area contributed by atoms with Gasteiger partial charge in [-0.2, -0.15) is 0 Å². The molecule has 0 radical (unpaired) electrons. The number of hydrogen-bond donors (Lipinski definition) is 0. The molecule has 0 aromatic carbocycles. The van der Waals surface area contributed by atoms with E-state index in [2.05, 4.69) is 166 Å². The van der Waals surface area contributed by atoms with Crippen molar-refractivity contribution in [3.63, 3.8) is 0 Å². The van der Waals surface area contributed by atoms with Crippen LogP contribution in [-0.4, -0.2) is 50.6 Å². The van der Waals surface area contributed by atoms with Crippen molar-refractivity contribution in [3.8, 4) is 0 Å². The molecule has 0 nitrogen and oxygen atoms in total. The van der Waals surface area contributed by atoms with Crippen LogP contribution in [0.25, 0.3) is 0 Å². The Morgan fingerprint density at radius 1 is 0.514 bits per heavy atom. The maximum absolute atomic E-state index is 7.42. The van der Waals surface area contributed by atoms with Crippen molar-refractivity contribution < 1.29 is 20.6 Å². The van der Waals surface area contributed by atoms with Gasteiger partial charge in [0.25, 0.3) is 0 Å². The number of halogens is 10. The zero-order valence-electron chi connectivity index (χ0n) is 35.8. The summed E-state index contributed by atoms with van der Waals surface area (Å²) in [5.41, 5.74) is 0. The third-order valence-corrected chi connectivity index (χ3v) is 6.28. The van der Waals surface area contributed by atoms with Gasteiger partial charge in [-0.15, -0.1) is 0 Å². The molecule has 0 aromatic heterocycles. The van der Waals surface area contributed by atoms with E-state index in [1.165, 1.54) is 12.8 Å². The summed E-state index contributed by atoms with van der Waals surface area (Å²) < 4.78 is 110. The van der Waals surface area contributed by atoms with Gasteiger partial charge in [-0.05, 0) is 64.0 Å².